The molecular formula is C30H43NO4S. The van der Waals surface area contributed by atoms with Crippen molar-refractivity contribution in [3.8, 4) is 0 Å². The van der Waals surface area contributed by atoms with E-state index in [9.17, 15) is 14.7 Å². The maximum absolute atomic E-state index is 13.2. The average Bonchev–Trinajstić information content (AvgIpc) is 3.44. The van der Waals surface area contributed by atoms with E-state index >= 15 is 0 Å². The number of nitrogens with zero attached hydrogens (tertiary/aromatic N) is 1. The fourth-order valence-electron chi connectivity index (χ4n) is 5.35. The zero-order chi connectivity index (χ0) is 26.5. The summed E-state index contributed by atoms with van der Waals surface area (Å²) < 4.78 is 7.24. The fraction of sp³-hybridized carbons (Fsp3) is 0.633. The molecule has 1 aliphatic rings. The molecule has 1 N–H and O–H groups in total. The molecule has 1 fully saturated rings. The van der Waals surface area contributed by atoms with Gasteiger partial charge in [-0.25, -0.2) is 4.98 Å². The second-order valence-electron chi connectivity index (χ2n) is 11.3. The Labute approximate surface area is 220 Å². The number of hydrogen-bond acceptors (Lipinski definition) is 6. The molecular weight excluding hydrogens is 470 g/mol. The van der Waals surface area contributed by atoms with E-state index in [2.05, 4.69) is 50.5 Å². The number of thiazole rings is 1. The molecule has 3 rings (SSSR count). The molecule has 0 bridgehead atoms. The summed E-state index contributed by atoms with van der Waals surface area (Å²) in [7, 11) is 0. The van der Waals surface area contributed by atoms with Gasteiger partial charge >= 0.3 is 0 Å². The molecule has 198 valence electrons. The van der Waals surface area contributed by atoms with E-state index in [0.717, 1.165) is 42.6 Å². The normalized spacial score (nSPS) is 21.1. The first-order chi connectivity index (χ1) is 17.1. The number of aliphatic hydroxyl groups excluding tert-OH is 1. The van der Waals surface area contributed by atoms with Crippen LogP contribution in [0, 0.1) is 24.2 Å². The number of aromatic nitrogens is 1. The van der Waals surface area contributed by atoms with Crippen LogP contribution in [0.3, 0.4) is 0 Å². The summed E-state index contributed by atoms with van der Waals surface area (Å²) in [5.74, 6) is 0.670. The van der Waals surface area contributed by atoms with Crippen molar-refractivity contribution in [1.82, 2.24) is 4.98 Å². The van der Waals surface area contributed by atoms with Crippen LogP contribution in [0.2, 0.25) is 0 Å². The predicted octanol–water partition coefficient (Wildman–Crippen LogP) is 6.80. The number of carbonyl (C=O) groups excluding carboxylic acids is 2. The summed E-state index contributed by atoms with van der Waals surface area (Å²) >= 11 is 1.74. The van der Waals surface area contributed by atoms with Gasteiger partial charge in [-0.15, -0.1) is 17.9 Å². The summed E-state index contributed by atoms with van der Waals surface area (Å²) in [5, 5.41) is 11.4. The molecule has 5 nitrogen and oxygen atoms in total. The van der Waals surface area contributed by atoms with Crippen LogP contribution >= 0.6 is 11.3 Å². The third-order valence-electron chi connectivity index (χ3n) is 7.84. The van der Waals surface area contributed by atoms with Crippen molar-refractivity contribution in [3.05, 3.63) is 41.4 Å². The van der Waals surface area contributed by atoms with E-state index in [1.54, 1.807) is 31.3 Å². The zero-order valence-corrected chi connectivity index (χ0v) is 23.4. The third-order valence-corrected chi connectivity index (χ3v) is 8.79. The summed E-state index contributed by atoms with van der Waals surface area (Å²) in [6.07, 6.45) is 7.73. The number of ketones is 1. The van der Waals surface area contributed by atoms with Gasteiger partial charge in [0.15, 0.2) is 0 Å². The second-order valence-corrected chi connectivity index (χ2v) is 12.5. The Balaban J connectivity index is 1.42. The van der Waals surface area contributed by atoms with Crippen molar-refractivity contribution in [2.45, 2.75) is 104 Å². The number of Topliss-reactive ketones (excluding diaryl/α,β-unsaturated/α-hetero) is 1. The quantitative estimate of drug-likeness (QED) is 0.152. The van der Waals surface area contributed by atoms with E-state index in [1.165, 1.54) is 10.3 Å². The first kappa shape index (κ1) is 28.7. The number of carbonyl (C=O) groups is 2. The fourth-order valence-corrected chi connectivity index (χ4v) is 6.16. The van der Waals surface area contributed by atoms with Crippen molar-refractivity contribution in [3.63, 3.8) is 0 Å². The molecule has 6 heteroatoms. The molecule has 0 radical (unpaired) electrons. The molecule has 2 aromatic rings. The highest BCUT2D eigenvalue weighted by molar-refractivity contribution is 7.18. The average molecular weight is 514 g/mol. The van der Waals surface area contributed by atoms with Crippen molar-refractivity contribution >= 4 is 33.6 Å². The van der Waals surface area contributed by atoms with E-state index in [1.807, 2.05) is 0 Å². The maximum Gasteiger partial charge on any atom is 0.144 e. The van der Waals surface area contributed by atoms with Crippen LogP contribution in [0.4, 0.5) is 0 Å². The lowest BCUT2D eigenvalue weighted by Crippen LogP contribution is -2.41. The lowest BCUT2D eigenvalue weighted by Gasteiger charge is -2.32. The number of hydrogen-bond donors (Lipinski definition) is 1. The Morgan fingerprint density at radius 1 is 1.28 bits per heavy atom. The highest BCUT2D eigenvalue weighted by atomic mass is 32.1. The first-order valence-electron chi connectivity index (χ1n) is 13.4. The molecule has 1 aromatic carbocycles. The molecule has 6 unspecified atom stereocenters. The number of fused-ring (bicyclic) bond motifs is 1. The monoisotopic (exact) mass is 513 g/mol. The number of aliphatic hydroxyl groups is 1. The predicted molar refractivity (Wildman–Crippen MR) is 147 cm³/mol. The number of epoxide rings is 1. The molecule has 2 heterocycles. The smallest absolute Gasteiger partial charge is 0.144 e. The molecule has 36 heavy (non-hydrogen) atoms. The Morgan fingerprint density at radius 2 is 2.03 bits per heavy atom. The molecule has 6 atom stereocenters. The summed E-state index contributed by atoms with van der Waals surface area (Å²) in [6, 6.07) is 6.64. The number of allylic oxidation sites excluding steroid dienone is 1. The lowest BCUT2D eigenvalue weighted by atomic mass is 9.72. The van der Waals surface area contributed by atoms with Crippen LogP contribution in [0.25, 0.3) is 10.2 Å². The minimum absolute atomic E-state index is 0.0184. The SMILES string of the molecule is C=CCC(CC(C)CCCC1OC1CC(C)c1ccc2sc(C)nc2c1)C(=O)C(C)(C)C(O)CC=O. The van der Waals surface area contributed by atoms with Gasteiger partial charge in [0, 0.05) is 17.8 Å². The minimum Gasteiger partial charge on any atom is -0.392 e. The molecule has 1 aliphatic heterocycles. The van der Waals surface area contributed by atoms with Crippen LogP contribution in [-0.2, 0) is 14.3 Å². The molecule has 0 amide bonds. The number of aryl methyl sites for hydroxylation is 1. The van der Waals surface area contributed by atoms with Gasteiger partial charge in [-0.05, 0) is 62.1 Å². The largest absolute Gasteiger partial charge is 0.392 e. The van der Waals surface area contributed by atoms with Crippen LogP contribution in [-0.4, -0.2) is 40.5 Å². The van der Waals surface area contributed by atoms with Gasteiger partial charge in [-0.3, -0.25) is 4.79 Å². The highest BCUT2D eigenvalue weighted by Gasteiger charge is 2.40. The van der Waals surface area contributed by atoms with E-state index in [0.29, 0.717) is 36.8 Å². The van der Waals surface area contributed by atoms with Crippen LogP contribution in [0.1, 0.15) is 89.1 Å². The Hall–Kier alpha value is -1.89. The van der Waals surface area contributed by atoms with Crippen molar-refractivity contribution in [2.75, 3.05) is 0 Å². The van der Waals surface area contributed by atoms with Gasteiger partial charge < -0.3 is 14.6 Å². The second kappa shape index (κ2) is 12.6. The standard InChI is InChI=1S/C30H43NO4S/c1-7-9-23(29(34)30(5,6)28(33)14-15-32)16-19(2)10-8-11-25-26(35-25)17-20(3)22-12-13-27-24(18-22)31-21(4)36-27/h7,12-13,15,18-20,23,25-26,28,33H,1,8-11,14,16-17H2,2-6H3. The first-order valence-corrected chi connectivity index (χ1v) is 14.2. The van der Waals surface area contributed by atoms with Gasteiger partial charge in [0.05, 0.1) is 33.5 Å². The summed E-state index contributed by atoms with van der Waals surface area (Å²) in [4.78, 5) is 28.7. The third kappa shape index (κ3) is 7.33. The highest BCUT2D eigenvalue weighted by Crippen LogP contribution is 2.38. The van der Waals surface area contributed by atoms with Gasteiger partial charge in [0.2, 0.25) is 0 Å². The van der Waals surface area contributed by atoms with Gasteiger partial charge in [0.25, 0.3) is 0 Å². The van der Waals surface area contributed by atoms with Gasteiger partial charge in [0.1, 0.15) is 12.1 Å². The van der Waals surface area contributed by atoms with Crippen molar-refractivity contribution in [1.29, 1.82) is 0 Å². The Bertz CT molecular complexity index is 1040. The van der Waals surface area contributed by atoms with Crippen molar-refractivity contribution in [2.24, 2.45) is 17.3 Å². The topological polar surface area (TPSA) is 79.8 Å². The van der Waals surface area contributed by atoms with Crippen LogP contribution in [0.15, 0.2) is 30.9 Å². The minimum atomic E-state index is -0.955. The number of aldehydes is 1. The molecule has 0 spiro atoms. The van der Waals surface area contributed by atoms with Crippen LogP contribution in [0.5, 0.6) is 0 Å². The van der Waals surface area contributed by atoms with E-state index in [4.69, 9.17) is 4.74 Å². The van der Waals surface area contributed by atoms with Gasteiger partial charge in [-0.2, -0.15) is 0 Å². The lowest BCUT2D eigenvalue weighted by molar-refractivity contribution is -0.138. The zero-order valence-electron chi connectivity index (χ0n) is 22.5. The summed E-state index contributed by atoms with van der Waals surface area (Å²) in [6.45, 7) is 13.8. The number of rotatable bonds is 16. The Morgan fingerprint density at radius 3 is 2.72 bits per heavy atom. The van der Waals surface area contributed by atoms with E-state index in [-0.39, 0.29) is 18.1 Å². The number of ether oxygens (including phenoxy) is 1. The maximum atomic E-state index is 13.2. The van der Waals surface area contributed by atoms with Gasteiger partial charge in [-0.1, -0.05) is 52.7 Å². The summed E-state index contributed by atoms with van der Waals surface area (Å²) in [5.41, 5.74) is 1.48. The Kier molecular flexibility index (Phi) is 10.0. The van der Waals surface area contributed by atoms with E-state index < -0.39 is 11.5 Å². The molecule has 0 saturated carbocycles. The molecule has 1 aromatic heterocycles. The number of benzene rings is 1. The molecule has 0 aliphatic carbocycles. The molecule has 1 saturated heterocycles. The van der Waals surface area contributed by atoms with Crippen molar-refractivity contribution < 1.29 is 19.4 Å². The van der Waals surface area contributed by atoms with Crippen LogP contribution < -0.4 is 0 Å².